The molecule has 2 aliphatic carbocycles. The van der Waals surface area contributed by atoms with E-state index in [1.165, 1.54) is 29.3 Å². The molecule has 2 aliphatic heterocycles. The zero-order valence-corrected chi connectivity index (χ0v) is 22.7. The Kier molecular flexibility index (Phi) is 5.78. The first-order chi connectivity index (χ1) is 17.5. The molecule has 4 aliphatic rings. The number of hydrogen-bond donors (Lipinski definition) is 1. The molecule has 0 bridgehead atoms. The fourth-order valence-corrected chi connectivity index (χ4v) is 8.41. The molecule has 0 atom stereocenters. The van der Waals surface area contributed by atoms with Crippen molar-refractivity contribution in [1.29, 1.82) is 0 Å². The second-order valence-electron chi connectivity index (χ2n) is 11.4. The number of nitrogens with one attached hydrogen (secondary N) is 1. The summed E-state index contributed by atoms with van der Waals surface area (Å²) in [7, 11) is -7.23. The molecule has 37 heavy (non-hydrogen) atoms. The van der Waals surface area contributed by atoms with Crippen LogP contribution in [-0.2, 0) is 25.5 Å². The third kappa shape index (κ3) is 4.48. The number of hydrogen-bond acceptors (Lipinski definition) is 6. The van der Waals surface area contributed by atoms with Crippen LogP contribution in [0.4, 0.5) is 11.4 Å². The Labute approximate surface area is 218 Å². The Hall–Kier alpha value is -2.37. The van der Waals surface area contributed by atoms with Crippen LogP contribution in [-0.4, -0.2) is 52.9 Å². The average Bonchev–Trinajstić information content (AvgIpc) is 3.31. The average molecular weight is 548 g/mol. The lowest BCUT2D eigenvalue weighted by atomic mass is 9.66. The highest BCUT2D eigenvalue weighted by atomic mass is 32.2. The molecule has 1 aromatic heterocycles. The minimum atomic E-state index is -3.78. The maximum absolute atomic E-state index is 13.7. The third-order valence-electron chi connectivity index (χ3n) is 8.79. The Morgan fingerprint density at radius 1 is 0.919 bits per heavy atom. The first kappa shape index (κ1) is 24.9. The van der Waals surface area contributed by atoms with Gasteiger partial charge in [0.1, 0.15) is 0 Å². The van der Waals surface area contributed by atoms with Gasteiger partial charge in [-0.1, -0.05) is 6.42 Å². The number of furan rings is 1. The molecule has 9 nitrogen and oxygen atoms in total. The quantitative estimate of drug-likeness (QED) is 0.603. The van der Waals surface area contributed by atoms with E-state index in [0.717, 1.165) is 62.5 Å². The lowest BCUT2D eigenvalue weighted by Crippen LogP contribution is -2.39. The number of nitrogens with zero attached hydrogens (tertiary/aromatic N) is 2. The minimum Gasteiger partial charge on any atom is -0.438 e. The van der Waals surface area contributed by atoms with Crippen LogP contribution in [0.3, 0.4) is 0 Å². The van der Waals surface area contributed by atoms with E-state index >= 15 is 0 Å². The van der Waals surface area contributed by atoms with Gasteiger partial charge < -0.3 is 9.32 Å². The van der Waals surface area contributed by atoms with Gasteiger partial charge in [-0.2, -0.15) is 4.31 Å². The van der Waals surface area contributed by atoms with E-state index in [0.29, 0.717) is 30.7 Å². The fraction of sp³-hybridized carbons (Fsp3) is 0.577. The van der Waals surface area contributed by atoms with Crippen LogP contribution in [0, 0.1) is 5.41 Å². The maximum Gasteiger partial charge on any atom is 0.294 e. The van der Waals surface area contributed by atoms with Gasteiger partial charge in [-0.05, 0) is 92.7 Å². The largest absolute Gasteiger partial charge is 0.438 e. The van der Waals surface area contributed by atoms with Gasteiger partial charge in [0.25, 0.3) is 15.9 Å². The van der Waals surface area contributed by atoms with Gasteiger partial charge in [-0.15, -0.1) is 0 Å². The normalized spacial score (nSPS) is 22.8. The predicted octanol–water partition coefficient (Wildman–Crippen LogP) is 4.08. The highest BCUT2D eigenvalue weighted by Crippen LogP contribution is 2.62. The molecule has 1 aromatic carbocycles. The molecule has 200 valence electrons. The predicted molar refractivity (Wildman–Crippen MR) is 140 cm³/mol. The lowest BCUT2D eigenvalue weighted by Gasteiger charge is -2.38. The molecule has 2 spiro atoms. The van der Waals surface area contributed by atoms with Crippen molar-refractivity contribution in [3.8, 4) is 0 Å². The van der Waals surface area contributed by atoms with E-state index in [1.54, 1.807) is 17.0 Å². The van der Waals surface area contributed by atoms with Crippen molar-refractivity contribution >= 4 is 37.3 Å². The summed E-state index contributed by atoms with van der Waals surface area (Å²) in [6.07, 6.45) is 10.3. The van der Waals surface area contributed by atoms with Crippen LogP contribution in [0.15, 0.2) is 39.8 Å². The van der Waals surface area contributed by atoms with Gasteiger partial charge in [0.15, 0.2) is 5.76 Å². The van der Waals surface area contributed by atoms with Crippen LogP contribution in [0.1, 0.15) is 73.9 Å². The van der Waals surface area contributed by atoms with Gasteiger partial charge in [-0.3, -0.25) is 9.52 Å². The van der Waals surface area contributed by atoms with Gasteiger partial charge in [0.05, 0.1) is 6.26 Å². The molecule has 1 N–H and O–H groups in total. The molecule has 2 aromatic rings. The number of piperidine rings is 1. The molecule has 0 radical (unpaired) electrons. The molecule has 3 heterocycles. The number of anilines is 2. The van der Waals surface area contributed by atoms with Gasteiger partial charge in [-0.25, -0.2) is 16.8 Å². The number of benzene rings is 1. The highest BCUT2D eigenvalue weighted by molar-refractivity contribution is 7.92. The van der Waals surface area contributed by atoms with E-state index in [4.69, 9.17) is 4.42 Å². The van der Waals surface area contributed by atoms with Crippen molar-refractivity contribution in [2.75, 3.05) is 35.5 Å². The first-order valence-electron chi connectivity index (χ1n) is 13.0. The first-order valence-corrected chi connectivity index (χ1v) is 16.4. The minimum absolute atomic E-state index is 0.00797. The van der Waals surface area contributed by atoms with Crippen molar-refractivity contribution in [2.24, 2.45) is 5.41 Å². The molecule has 6 rings (SSSR count). The highest BCUT2D eigenvalue weighted by Gasteiger charge is 2.54. The molecule has 1 saturated heterocycles. The Morgan fingerprint density at radius 3 is 2.24 bits per heavy atom. The second kappa shape index (κ2) is 8.57. The van der Waals surface area contributed by atoms with Crippen molar-refractivity contribution in [1.82, 2.24) is 4.31 Å². The van der Waals surface area contributed by atoms with Gasteiger partial charge in [0.2, 0.25) is 15.1 Å². The fourth-order valence-electron chi connectivity index (χ4n) is 6.43. The number of amides is 1. The number of fused-ring (bicyclic) bond motifs is 2. The van der Waals surface area contributed by atoms with Crippen molar-refractivity contribution < 1.29 is 26.0 Å². The monoisotopic (exact) mass is 547 g/mol. The molecule has 1 amide bonds. The number of carbonyl (C=O) groups is 1. The van der Waals surface area contributed by atoms with Crippen LogP contribution in [0.25, 0.3) is 0 Å². The van der Waals surface area contributed by atoms with Crippen LogP contribution in [0.5, 0.6) is 0 Å². The number of sulfonamides is 2. The topological polar surface area (TPSA) is 117 Å². The van der Waals surface area contributed by atoms with E-state index in [1.807, 2.05) is 6.07 Å². The zero-order valence-electron chi connectivity index (χ0n) is 21.0. The maximum atomic E-state index is 13.7. The molecule has 2 saturated carbocycles. The van der Waals surface area contributed by atoms with Crippen LogP contribution < -0.4 is 9.62 Å². The molecular formula is C26H33N3O6S2. The van der Waals surface area contributed by atoms with Crippen LogP contribution >= 0.6 is 0 Å². The number of rotatable bonds is 5. The summed E-state index contributed by atoms with van der Waals surface area (Å²) in [5.74, 6) is -0.389. The van der Waals surface area contributed by atoms with Gasteiger partial charge >= 0.3 is 0 Å². The SMILES string of the molecule is CS(=O)(=O)Nc1ccc2c(c1)C1(CCC3(CC3)CC1)CN2C(=O)c1ccc(S(=O)(=O)N2CCCCC2)o1. The second-order valence-corrected chi connectivity index (χ2v) is 15.0. The van der Waals surface area contributed by atoms with Crippen molar-refractivity contribution in [3.63, 3.8) is 0 Å². The molecular weight excluding hydrogens is 514 g/mol. The van der Waals surface area contributed by atoms with Crippen molar-refractivity contribution in [3.05, 3.63) is 41.7 Å². The summed E-state index contributed by atoms with van der Waals surface area (Å²) < 4.78 is 59.5. The smallest absolute Gasteiger partial charge is 0.294 e. The van der Waals surface area contributed by atoms with Crippen LogP contribution in [0.2, 0.25) is 0 Å². The van der Waals surface area contributed by atoms with E-state index in [-0.39, 0.29) is 22.2 Å². The zero-order chi connectivity index (χ0) is 26.1. The summed E-state index contributed by atoms with van der Waals surface area (Å²) in [4.78, 5) is 15.4. The summed E-state index contributed by atoms with van der Waals surface area (Å²) in [5, 5.41) is -0.201. The molecule has 3 fully saturated rings. The van der Waals surface area contributed by atoms with E-state index < -0.39 is 20.0 Å². The Balaban J connectivity index is 1.32. The molecule has 0 unspecified atom stereocenters. The summed E-state index contributed by atoms with van der Waals surface area (Å²) >= 11 is 0. The standard InChI is InChI=1S/C26H33N3O6S2/c1-36(31,32)27-19-5-6-21-20(17-19)26(13-11-25(9-10-25)12-14-26)18-29(21)24(30)22-7-8-23(35-22)37(33,34)28-15-3-2-4-16-28/h5-8,17,27H,2-4,9-16,18H2,1H3. The summed E-state index contributed by atoms with van der Waals surface area (Å²) in [5.41, 5.74) is 2.37. The Bertz CT molecular complexity index is 1440. The van der Waals surface area contributed by atoms with Crippen molar-refractivity contribution in [2.45, 2.75) is 68.3 Å². The Morgan fingerprint density at radius 2 is 1.59 bits per heavy atom. The number of carbonyl (C=O) groups excluding carboxylic acids is 1. The lowest BCUT2D eigenvalue weighted by molar-refractivity contribution is 0.0948. The third-order valence-corrected chi connectivity index (χ3v) is 11.2. The van der Waals surface area contributed by atoms with E-state index in [2.05, 4.69) is 4.72 Å². The summed E-state index contributed by atoms with van der Waals surface area (Å²) in [6, 6.07) is 8.14. The summed E-state index contributed by atoms with van der Waals surface area (Å²) in [6.45, 7) is 1.38. The molecule has 11 heteroatoms. The van der Waals surface area contributed by atoms with Gasteiger partial charge in [0, 0.05) is 36.4 Å². The van der Waals surface area contributed by atoms with E-state index in [9.17, 15) is 21.6 Å².